The predicted molar refractivity (Wildman–Crippen MR) is 109 cm³/mol. The molecule has 1 aliphatic rings. The lowest BCUT2D eigenvalue weighted by atomic mass is 10.1. The van der Waals surface area contributed by atoms with Crippen LogP contribution in [0.25, 0.3) is 6.08 Å². The number of amides is 2. The molecule has 2 aromatic rings. The fourth-order valence-corrected chi connectivity index (χ4v) is 3.36. The summed E-state index contributed by atoms with van der Waals surface area (Å²) in [5.74, 6) is 0.816. The Bertz CT molecular complexity index is 935. The second-order valence-electron chi connectivity index (χ2n) is 6.67. The van der Waals surface area contributed by atoms with Gasteiger partial charge in [-0.25, -0.2) is 10.0 Å². The second-order valence-corrected chi connectivity index (χ2v) is 6.67. The van der Waals surface area contributed by atoms with Crippen molar-refractivity contribution < 1.29 is 19.1 Å². The quantitative estimate of drug-likeness (QED) is 0.699. The Morgan fingerprint density at radius 2 is 1.90 bits per heavy atom. The van der Waals surface area contributed by atoms with E-state index in [4.69, 9.17) is 9.47 Å². The number of carbonyl (C=O) groups excluding carboxylic acids is 2. The van der Waals surface area contributed by atoms with Gasteiger partial charge in [0.05, 0.1) is 19.9 Å². The number of benzene rings is 1. The molecular weight excluding hydrogens is 372 g/mol. The summed E-state index contributed by atoms with van der Waals surface area (Å²) < 4.78 is 12.2. The van der Waals surface area contributed by atoms with Gasteiger partial charge in [-0.2, -0.15) is 5.10 Å². The molecule has 1 aliphatic heterocycles. The number of hydrazine groups is 1. The average molecular weight is 398 g/mol. The molecule has 1 saturated heterocycles. The molecule has 0 unspecified atom stereocenters. The zero-order valence-electron chi connectivity index (χ0n) is 17.2. The van der Waals surface area contributed by atoms with Gasteiger partial charge in [0.1, 0.15) is 17.2 Å². The van der Waals surface area contributed by atoms with E-state index in [1.54, 1.807) is 49.2 Å². The van der Waals surface area contributed by atoms with Crippen molar-refractivity contribution in [3.63, 3.8) is 0 Å². The molecule has 2 heterocycles. The molecule has 0 N–H and O–H groups in total. The SMILES string of the molecule is CCn1nc(C)cc1C(=O)N1CCCN1C(=O)/C=C/c1cc(OC)ccc1OC. The van der Waals surface area contributed by atoms with Crippen LogP contribution in [0.2, 0.25) is 0 Å². The van der Waals surface area contributed by atoms with E-state index in [9.17, 15) is 9.59 Å². The largest absolute Gasteiger partial charge is 0.497 e. The monoisotopic (exact) mass is 398 g/mol. The normalized spacial score (nSPS) is 13.9. The van der Waals surface area contributed by atoms with Crippen LogP contribution >= 0.6 is 0 Å². The molecule has 1 fully saturated rings. The first-order valence-electron chi connectivity index (χ1n) is 9.56. The summed E-state index contributed by atoms with van der Waals surface area (Å²) in [4.78, 5) is 25.9. The number of hydrogen-bond donors (Lipinski definition) is 0. The topological polar surface area (TPSA) is 76.9 Å². The molecule has 1 aromatic heterocycles. The number of methoxy groups -OCH3 is 2. The van der Waals surface area contributed by atoms with E-state index >= 15 is 0 Å². The molecule has 0 aliphatic carbocycles. The number of nitrogens with zero attached hydrogens (tertiary/aromatic N) is 4. The standard InChI is InChI=1S/C21H26N4O4/c1-5-23-18(13-15(2)22-23)21(27)25-12-6-11-24(25)20(26)10-7-16-14-17(28-3)8-9-19(16)29-4/h7-10,13-14H,5-6,11-12H2,1-4H3/b10-7+. The third-order valence-corrected chi connectivity index (χ3v) is 4.78. The maximum atomic E-state index is 13.0. The molecule has 29 heavy (non-hydrogen) atoms. The lowest BCUT2D eigenvalue weighted by molar-refractivity contribution is -0.134. The summed E-state index contributed by atoms with van der Waals surface area (Å²) in [6, 6.07) is 7.11. The second kappa shape index (κ2) is 8.81. The van der Waals surface area contributed by atoms with Gasteiger partial charge >= 0.3 is 0 Å². The zero-order valence-corrected chi connectivity index (χ0v) is 17.2. The van der Waals surface area contributed by atoms with Gasteiger partial charge in [0.25, 0.3) is 11.8 Å². The molecule has 154 valence electrons. The van der Waals surface area contributed by atoms with Crippen LogP contribution in [0.1, 0.15) is 35.1 Å². The van der Waals surface area contributed by atoms with Gasteiger partial charge in [-0.15, -0.1) is 0 Å². The average Bonchev–Trinajstić information content (AvgIpc) is 3.37. The summed E-state index contributed by atoms with van der Waals surface area (Å²) in [6.07, 6.45) is 3.85. The highest BCUT2D eigenvalue weighted by Crippen LogP contribution is 2.25. The molecule has 8 heteroatoms. The van der Waals surface area contributed by atoms with Crippen LogP contribution in [-0.2, 0) is 11.3 Å². The highest BCUT2D eigenvalue weighted by atomic mass is 16.5. The van der Waals surface area contributed by atoms with E-state index in [-0.39, 0.29) is 11.8 Å². The van der Waals surface area contributed by atoms with E-state index in [1.165, 1.54) is 16.1 Å². The molecule has 1 aromatic carbocycles. The summed E-state index contributed by atoms with van der Waals surface area (Å²) in [5.41, 5.74) is 1.98. The summed E-state index contributed by atoms with van der Waals surface area (Å²) >= 11 is 0. The molecule has 3 rings (SSSR count). The first-order valence-corrected chi connectivity index (χ1v) is 9.56. The Kier molecular flexibility index (Phi) is 6.21. The third-order valence-electron chi connectivity index (χ3n) is 4.78. The molecule has 8 nitrogen and oxygen atoms in total. The van der Waals surface area contributed by atoms with Gasteiger partial charge in [-0.1, -0.05) is 0 Å². The van der Waals surface area contributed by atoms with Crippen LogP contribution in [0, 0.1) is 6.92 Å². The van der Waals surface area contributed by atoms with Gasteiger partial charge in [0.15, 0.2) is 0 Å². The first kappa shape index (κ1) is 20.4. The highest BCUT2D eigenvalue weighted by Gasteiger charge is 2.32. The van der Waals surface area contributed by atoms with Crippen molar-refractivity contribution in [2.75, 3.05) is 27.3 Å². The Labute approximate surface area is 170 Å². The van der Waals surface area contributed by atoms with Crippen molar-refractivity contribution in [1.82, 2.24) is 19.8 Å². The first-order chi connectivity index (χ1) is 14.0. The fraction of sp³-hybridized carbons (Fsp3) is 0.381. The number of ether oxygens (including phenoxy) is 2. The van der Waals surface area contributed by atoms with E-state index in [0.29, 0.717) is 36.8 Å². The van der Waals surface area contributed by atoms with Crippen molar-refractivity contribution in [2.24, 2.45) is 0 Å². The maximum Gasteiger partial charge on any atom is 0.290 e. The molecule has 0 bridgehead atoms. The zero-order chi connectivity index (χ0) is 21.0. The summed E-state index contributed by atoms with van der Waals surface area (Å²) in [6.45, 7) is 5.35. The third kappa shape index (κ3) is 4.26. The van der Waals surface area contributed by atoms with Crippen LogP contribution in [0.3, 0.4) is 0 Å². The summed E-state index contributed by atoms with van der Waals surface area (Å²) in [5, 5.41) is 7.31. The van der Waals surface area contributed by atoms with Crippen molar-refractivity contribution in [3.05, 3.63) is 47.3 Å². The molecule has 0 spiro atoms. The van der Waals surface area contributed by atoms with E-state index in [0.717, 1.165) is 17.7 Å². The summed E-state index contributed by atoms with van der Waals surface area (Å²) in [7, 11) is 3.15. The molecule has 0 atom stereocenters. The number of hydrogen-bond acceptors (Lipinski definition) is 5. The van der Waals surface area contributed by atoms with Crippen molar-refractivity contribution in [3.8, 4) is 11.5 Å². The minimum Gasteiger partial charge on any atom is -0.497 e. The van der Waals surface area contributed by atoms with Crippen molar-refractivity contribution in [1.29, 1.82) is 0 Å². The van der Waals surface area contributed by atoms with Gasteiger partial charge in [0.2, 0.25) is 0 Å². The van der Waals surface area contributed by atoms with Crippen LogP contribution in [0.5, 0.6) is 11.5 Å². The Hall–Kier alpha value is -3.29. The minimum absolute atomic E-state index is 0.217. The van der Waals surface area contributed by atoms with Crippen LogP contribution < -0.4 is 9.47 Å². The Morgan fingerprint density at radius 1 is 1.14 bits per heavy atom. The van der Waals surface area contributed by atoms with E-state index in [2.05, 4.69) is 5.10 Å². The molecular formula is C21H26N4O4. The number of rotatable bonds is 6. The molecule has 0 saturated carbocycles. The van der Waals surface area contributed by atoms with Gasteiger partial charge < -0.3 is 9.47 Å². The Morgan fingerprint density at radius 3 is 2.59 bits per heavy atom. The maximum absolute atomic E-state index is 13.0. The molecule has 2 amide bonds. The highest BCUT2D eigenvalue weighted by molar-refractivity contribution is 5.97. The van der Waals surface area contributed by atoms with E-state index in [1.807, 2.05) is 13.8 Å². The van der Waals surface area contributed by atoms with Gasteiger partial charge in [0, 0.05) is 31.3 Å². The fourth-order valence-electron chi connectivity index (χ4n) is 3.36. The van der Waals surface area contributed by atoms with Gasteiger partial charge in [-0.05, 0) is 50.6 Å². The van der Waals surface area contributed by atoms with Crippen LogP contribution in [0.4, 0.5) is 0 Å². The lowest BCUT2D eigenvalue weighted by Gasteiger charge is -2.27. The van der Waals surface area contributed by atoms with Crippen LogP contribution in [-0.4, -0.2) is 58.9 Å². The van der Waals surface area contributed by atoms with Crippen molar-refractivity contribution in [2.45, 2.75) is 26.8 Å². The van der Waals surface area contributed by atoms with E-state index < -0.39 is 0 Å². The predicted octanol–water partition coefficient (Wildman–Crippen LogP) is 2.53. The Balaban J connectivity index is 1.80. The van der Waals surface area contributed by atoms with Crippen LogP contribution in [0.15, 0.2) is 30.3 Å². The number of aromatic nitrogens is 2. The number of aryl methyl sites for hydroxylation is 2. The smallest absolute Gasteiger partial charge is 0.290 e. The molecule has 0 radical (unpaired) electrons. The number of carbonyl (C=O) groups is 2. The minimum atomic E-state index is -0.264. The van der Waals surface area contributed by atoms with Crippen molar-refractivity contribution >= 4 is 17.9 Å². The van der Waals surface area contributed by atoms with Gasteiger partial charge in [-0.3, -0.25) is 14.3 Å². The lowest BCUT2D eigenvalue weighted by Crippen LogP contribution is -2.44.